The number of carbonyl (C=O) groups is 2. The third-order valence-corrected chi connectivity index (χ3v) is 5.19. The monoisotopic (exact) mass is 400 g/mol. The molecule has 1 saturated heterocycles. The highest BCUT2D eigenvalue weighted by Crippen LogP contribution is 2.25. The van der Waals surface area contributed by atoms with Crippen LogP contribution in [0.3, 0.4) is 0 Å². The number of piperidine rings is 1. The first-order valence-electron chi connectivity index (χ1n) is 9.55. The first kappa shape index (κ1) is 20.2. The lowest BCUT2D eigenvalue weighted by atomic mass is 10.1. The van der Waals surface area contributed by atoms with Crippen LogP contribution in [0.5, 0.6) is 5.75 Å². The number of rotatable bonds is 7. The Bertz CT molecular complexity index is 853. The highest BCUT2D eigenvalue weighted by Gasteiger charge is 2.19. The molecule has 1 aliphatic heterocycles. The van der Waals surface area contributed by atoms with Crippen LogP contribution in [0, 0.1) is 0 Å². The van der Waals surface area contributed by atoms with Gasteiger partial charge < -0.3 is 15.0 Å². The third kappa shape index (κ3) is 5.26. The van der Waals surface area contributed by atoms with Crippen LogP contribution in [0.4, 0.5) is 5.69 Å². The second-order valence-electron chi connectivity index (χ2n) is 6.92. The van der Waals surface area contributed by atoms with Crippen molar-refractivity contribution >= 4 is 29.1 Å². The Morgan fingerprint density at radius 3 is 2.79 bits per heavy atom. The van der Waals surface area contributed by atoms with Crippen LogP contribution in [-0.2, 0) is 22.6 Å². The largest absolute Gasteiger partial charge is 0.495 e. The summed E-state index contributed by atoms with van der Waals surface area (Å²) in [5.74, 6) is 0.777. The van der Waals surface area contributed by atoms with Gasteiger partial charge in [0.1, 0.15) is 5.75 Å². The van der Waals surface area contributed by atoms with Gasteiger partial charge in [0.05, 0.1) is 12.1 Å². The van der Waals surface area contributed by atoms with E-state index in [2.05, 4.69) is 5.32 Å². The highest BCUT2D eigenvalue weighted by atomic mass is 35.5. The highest BCUT2D eigenvalue weighted by molar-refractivity contribution is 6.32. The molecule has 6 heteroatoms. The minimum absolute atomic E-state index is 0.0219. The van der Waals surface area contributed by atoms with Crippen molar-refractivity contribution in [3.8, 4) is 5.75 Å². The summed E-state index contributed by atoms with van der Waals surface area (Å²) in [5, 5.41) is 3.49. The fourth-order valence-corrected chi connectivity index (χ4v) is 3.61. The van der Waals surface area contributed by atoms with Crippen molar-refractivity contribution in [2.24, 2.45) is 0 Å². The zero-order valence-corrected chi connectivity index (χ0v) is 16.8. The van der Waals surface area contributed by atoms with Gasteiger partial charge in [-0.2, -0.15) is 0 Å². The normalized spacial score (nSPS) is 14.1. The molecule has 0 unspecified atom stereocenters. The fourth-order valence-electron chi connectivity index (χ4n) is 3.33. The number of nitrogens with one attached hydrogen (secondary N) is 1. The molecule has 1 N–H and O–H groups in total. The van der Waals surface area contributed by atoms with Gasteiger partial charge >= 0.3 is 0 Å². The van der Waals surface area contributed by atoms with E-state index < -0.39 is 0 Å². The molecule has 2 aromatic carbocycles. The van der Waals surface area contributed by atoms with Crippen LogP contribution in [0.2, 0.25) is 5.02 Å². The Morgan fingerprint density at radius 1 is 1.18 bits per heavy atom. The van der Waals surface area contributed by atoms with Crippen LogP contribution in [0.1, 0.15) is 36.8 Å². The van der Waals surface area contributed by atoms with E-state index >= 15 is 0 Å². The van der Waals surface area contributed by atoms with Crippen LogP contribution in [-0.4, -0.2) is 25.5 Å². The quantitative estimate of drug-likeness (QED) is 0.760. The number of benzene rings is 2. The summed E-state index contributed by atoms with van der Waals surface area (Å²) in [6, 6.07) is 13.4. The van der Waals surface area contributed by atoms with Crippen molar-refractivity contribution in [2.45, 2.75) is 38.6 Å². The molecule has 0 aliphatic carbocycles. The Labute approximate surface area is 170 Å². The molecule has 0 spiro atoms. The lowest BCUT2D eigenvalue weighted by Crippen LogP contribution is -2.35. The van der Waals surface area contributed by atoms with Gasteiger partial charge in [0.25, 0.3) is 0 Å². The topological polar surface area (TPSA) is 58.6 Å². The smallest absolute Gasteiger partial charge is 0.226 e. The molecule has 0 bridgehead atoms. The number of hydrogen-bond acceptors (Lipinski definition) is 3. The van der Waals surface area contributed by atoms with Crippen LogP contribution in [0.25, 0.3) is 0 Å². The summed E-state index contributed by atoms with van der Waals surface area (Å²) in [4.78, 5) is 26.1. The molecule has 2 amide bonds. The standard InChI is InChI=1S/C22H25ClN2O3/c1-28-20-10-8-16(14-19(20)23)9-11-21(26)24-15-17-5-4-6-18(13-17)25-12-3-2-7-22(25)27/h4-6,8,10,13-14H,2-3,7,9,11-12,15H2,1H3,(H,24,26). The average Bonchev–Trinajstić information content (AvgIpc) is 2.71. The number of halogens is 1. The average molecular weight is 401 g/mol. The minimum atomic E-state index is -0.0219. The summed E-state index contributed by atoms with van der Waals surface area (Å²) < 4.78 is 5.14. The SMILES string of the molecule is COc1ccc(CCC(=O)NCc2cccc(N3CCCCC3=O)c2)cc1Cl. The van der Waals surface area contributed by atoms with Crippen molar-refractivity contribution in [1.82, 2.24) is 5.32 Å². The predicted octanol–water partition coefficient (Wildman–Crippen LogP) is 4.11. The maximum absolute atomic E-state index is 12.2. The van der Waals surface area contributed by atoms with Gasteiger partial charge in [-0.1, -0.05) is 29.8 Å². The van der Waals surface area contributed by atoms with Crippen molar-refractivity contribution in [1.29, 1.82) is 0 Å². The zero-order chi connectivity index (χ0) is 19.9. The van der Waals surface area contributed by atoms with Gasteiger partial charge in [-0.3, -0.25) is 9.59 Å². The fraction of sp³-hybridized carbons (Fsp3) is 0.364. The van der Waals surface area contributed by atoms with E-state index in [9.17, 15) is 9.59 Å². The maximum Gasteiger partial charge on any atom is 0.226 e. The number of nitrogens with zero attached hydrogens (tertiary/aromatic N) is 1. The number of ether oxygens (including phenoxy) is 1. The van der Waals surface area contributed by atoms with E-state index in [1.165, 1.54) is 0 Å². The van der Waals surface area contributed by atoms with Gasteiger partial charge in [-0.05, 0) is 54.7 Å². The molecule has 148 valence electrons. The molecule has 0 saturated carbocycles. The molecule has 0 radical (unpaired) electrons. The molecule has 1 fully saturated rings. The molecule has 1 heterocycles. The van der Waals surface area contributed by atoms with Crippen LogP contribution in [0.15, 0.2) is 42.5 Å². The van der Waals surface area contributed by atoms with Gasteiger partial charge in [-0.25, -0.2) is 0 Å². The molecule has 2 aromatic rings. The Hall–Kier alpha value is -2.53. The molecule has 0 atom stereocenters. The van der Waals surface area contributed by atoms with E-state index in [4.69, 9.17) is 16.3 Å². The summed E-state index contributed by atoms with van der Waals surface area (Å²) in [6.07, 6.45) is 3.59. The number of methoxy groups -OCH3 is 1. The lowest BCUT2D eigenvalue weighted by molar-refractivity contribution is -0.121. The van der Waals surface area contributed by atoms with E-state index in [-0.39, 0.29) is 11.8 Å². The van der Waals surface area contributed by atoms with Gasteiger partial charge in [-0.15, -0.1) is 0 Å². The number of anilines is 1. The molecule has 28 heavy (non-hydrogen) atoms. The van der Waals surface area contributed by atoms with E-state index in [0.29, 0.717) is 36.6 Å². The maximum atomic E-state index is 12.2. The van der Waals surface area contributed by atoms with Crippen molar-refractivity contribution in [3.63, 3.8) is 0 Å². The zero-order valence-electron chi connectivity index (χ0n) is 16.0. The third-order valence-electron chi connectivity index (χ3n) is 4.89. The summed E-state index contributed by atoms with van der Waals surface area (Å²) in [5.41, 5.74) is 2.88. The minimum Gasteiger partial charge on any atom is -0.495 e. The van der Waals surface area contributed by atoms with Crippen LogP contribution >= 0.6 is 11.6 Å². The molecular weight excluding hydrogens is 376 g/mol. The van der Waals surface area contributed by atoms with Crippen LogP contribution < -0.4 is 15.0 Å². The number of carbonyl (C=O) groups excluding carboxylic acids is 2. The lowest BCUT2D eigenvalue weighted by Gasteiger charge is -2.27. The Kier molecular flexibility index (Phi) is 6.93. The second kappa shape index (κ2) is 9.60. The number of aryl methyl sites for hydroxylation is 1. The molecule has 3 rings (SSSR count). The molecule has 0 aromatic heterocycles. The van der Waals surface area contributed by atoms with Gasteiger partial charge in [0.2, 0.25) is 11.8 Å². The summed E-state index contributed by atoms with van der Waals surface area (Å²) in [6.45, 7) is 1.21. The first-order chi connectivity index (χ1) is 13.6. The number of hydrogen-bond donors (Lipinski definition) is 1. The van der Waals surface area contributed by atoms with Gasteiger partial charge in [0.15, 0.2) is 0 Å². The Balaban J connectivity index is 1.51. The summed E-state index contributed by atoms with van der Waals surface area (Å²) in [7, 11) is 1.57. The van der Waals surface area contributed by atoms with Gasteiger partial charge in [0, 0.05) is 31.6 Å². The van der Waals surface area contributed by atoms with Crippen molar-refractivity contribution in [2.75, 3.05) is 18.6 Å². The second-order valence-corrected chi connectivity index (χ2v) is 7.33. The first-order valence-corrected chi connectivity index (χ1v) is 9.93. The van der Waals surface area contributed by atoms with Crippen molar-refractivity contribution < 1.29 is 14.3 Å². The molecule has 1 aliphatic rings. The number of amides is 2. The predicted molar refractivity (Wildman–Crippen MR) is 111 cm³/mol. The van der Waals surface area contributed by atoms with Crippen molar-refractivity contribution in [3.05, 3.63) is 58.6 Å². The van der Waals surface area contributed by atoms with E-state index in [0.717, 1.165) is 36.2 Å². The molecule has 5 nitrogen and oxygen atoms in total. The Morgan fingerprint density at radius 2 is 2.04 bits per heavy atom. The summed E-state index contributed by atoms with van der Waals surface area (Å²) >= 11 is 6.12. The molecular formula is C22H25ClN2O3. The van der Waals surface area contributed by atoms with E-state index in [1.807, 2.05) is 47.4 Å². The van der Waals surface area contributed by atoms with E-state index in [1.54, 1.807) is 7.11 Å².